The van der Waals surface area contributed by atoms with E-state index in [9.17, 15) is 5.11 Å². The second kappa shape index (κ2) is 7.72. The summed E-state index contributed by atoms with van der Waals surface area (Å²) in [6.45, 7) is 3.36. The molecule has 1 aromatic heterocycles. The van der Waals surface area contributed by atoms with Crippen LogP contribution >= 0.6 is 0 Å². The third-order valence-electron chi connectivity index (χ3n) is 5.22. The molecule has 0 saturated carbocycles. The molecule has 1 aliphatic rings. The van der Waals surface area contributed by atoms with Gasteiger partial charge < -0.3 is 20.5 Å². The third kappa shape index (κ3) is 3.86. The van der Waals surface area contributed by atoms with Crippen molar-refractivity contribution in [3.63, 3.8) is 0 Å². The Kier molecular flexibility index (Phi) is 5.41. The van der Waals surface area contributed by atoms with Crippen molar-refractivity contribution in [2.75, 3.05) is 19.6 Å². The lowest BCUT2D eigenvalue weighted by atomic mass is 9.90. The molecule has 4 nitrogen and oxygen atoms in total. The van der Waals surface area contributed by atoms with E-state index in [-0.39, 0.29) is 5.48 Å². The number of likely N-dealkylation sites (tertiary alicyclic amines) is 1. The van der Waals surface area contributed by atoms with Crippen LogP contribution in [0.3, 0.4) is 0 Å². The maximum Gasteiger partial charge on any atom is 0.115 e. The molecule has 0 aliphatic carbocycles. The zero-order chi connectivity index (χ0) is 16.4. The molecule has 0 amide bonds. The molecule has 0 spiro atoms. The summed E-state index contributed by atoms with van der Waals surface area (Å²) in [7, 11) is 0. The van der Waals surface area contributed by atoms with Gasteiger partial charge in [0.25, 0.3) is 0 Å². The van der Waals surface area contributed by atoms with Crippen LogP contribution < -0.4 is 0 Å². The quantitative estimate of drug-likeness (QED) is 0.764. The van der Waals surface area contributed by atoms with Gasteiger partial charge in [0, 0.05) is 30.2 Å². The first-order valence-corrected chi connectivity index (χ1v) is 8.86. The van der Waals surface area contributed by atoms with Gasteiger partial charge in [-0.2, -0.15) is 0 Å². The zero-order valence-electron chi connectivity index (χ0n) is 14.4. The molecule has 1 saturated heterocycles. The Morgan fingerprint density at radius 3 is 2.88 bits per heavy atom. The SMILES string of the molecule is O.Oc1cccc(C2CCCN(CCc3c[nH]c4ccccc34)C2)c1. The Balaban J connectivity index is 0.00000182. The summed E-state index contributed by atoms with van der Waals surface area (Å²) in [5, 5.41) is 11.1. The van der Waals surface area contributed by atoms with E-state index in [2.05, 4.69) is 46.4 Å². The van der Waals surface area contributed by atoms with Gasteiger partial charge in [0.1, 0.15) is 5.75 Å². The summed E-state index contributed by atoms with van der Waals surface area (Å²) in [5.41, 5.74) is 3.90. The van der Waals surface area contributed by atoms with Crippen molar-refractivity contribution >= 4 is 10.9 Å². The maximum atomic E-state index is 9.72. The molecule has 25 heavy (non-hydrogen) atoms. The average molecular weight is 338 g/mol. The standard InChI is InChI=1S/C21H24N2O.H2O/c24-19-7-3-5-16(13-19)18-6-4-11-23(15-18)12-10-17-14-22-21-9-2-1-8-20(17)21;/h1-3,5,7-9,13-14,18,22,24H,4,6,10-12,15H2;1H2. The number of H-pyrrole nitrogens is 1. The van der Waals surface area contributed by atoms with Crippen molar-refractivity contribution < 1.29 is 10.6 Å². The minimum absolute atomic E-state index is 0. The highest BCUT2D eigenvalue weighted by atomic mass is 16.3. The summed E-state index contributed by atoms with van der Waals surface area (Å²) in [6, 6.07) is 16.3. The van der Waals surface area contributed by atoms with Crippen molar-refractivity contribution in [1.29, 1.82) is 0 Å². The second-order valence-electron chi connectivity index (χ2n) is 6.84. The number of piperidine rings is 1. The molecule has 4 rings (SSSR count). The molecule has 1 fully saturated rings. The smallest absolute Gasteiger partial charge is 0.115 e. The van der Waals surface area contributed by atoms with E-state index in [0.717, 1.165) is 19.5 Å². The average Bonchev–Trinajstić information content (AvgIpc) is 3.03. The molecule has 0 radical (unpaired) electrons. The number of para-hydroxylation sites is 1. The molecular formula is C21H26N2O2. The molecule has 1 aliphatic heterocycles. The highest BCUT2D eigenvalue weighted by Crippen LogP contribution is 2.29. The number of aromatic nitrogens is 1. The minimum atomic E-state index is 0. The minimum Gasteiger partial charge on any atom is -0.508 e. The zero-order valence-corrected chi connectivity index (χ0v) is 14.4. The summed E-state index contributed by atoms with van der Waals surface area (Å²) < 4.78 is 0. The predicted octanol–water partition coefficient (Wildman–Crippen LogP) is 3.47. The molecule has 1 unspecified atom stereocenters. The molecule has 2 heterocycles. The van der Waals surface area contributed by atoms with Gasteiger partial charge in [-0.3, -0.25) is 0 Å². The largest absolute Gasteiger partial charge is 0.508 e. The summed E-state index contributed by atoms with van der Waals surface area (Å²) in [4.78, 5) is 5.94. The van der Waals surface area contributed by atoms with E-state index >= 15 is 0 Å². The maximum absolute atomic E-state index is 9.72. The van der Waals surface area contributed by atoms with Gasteiger partial charge in [0.05, 0.1) is 0 Å². The number of aromatic hydroxyl groups is 1. The number of hydrogen-bond acceptors (Lipinski definition) is 2. The van der Waals surface area contributed by atoms with Crippen LogP contribution in [0.5, 0.6) is 5.75 Å². The van der Waals surface area contributed by atoms with E-state index in [1.807, 2.05) is 12.1 Å². The Morgan fingerprint density at radius 1 is 1.12 bits per heavy atom. The summed E-state index contributed by atoms with van der Waals surface area (Å²) >= 11 is 0. The van der Waals surface area contributed by atoms with Crippen LogP contribution in [0.4, 0.5) is 0 Å². The lowest BCUT2D eigenvalue weighted by Gasteiger charge is -2.33. The molecule has 4 heteroatoms. The first-order chi connectivity index (χ1) is 11.8. The molecular weight excluding hydrogens is 312 g/mol. The number of fused-ring (bicyclic) bond motifs is 1. The predicted molar refractivity (Wildman–Crippen MR) is 102 cm³/mol. The number of nitrogens with zero attached hydrogens (tertiary/aromatic N) is 1. The molecule has 0 bridgehead atoms. The highest BCUT2D eigenvalue weighted by Gasteiger charge is 2.21. The Bertz CT molecular complexity index is 827. The van der Waals surface area contributed by atoms with Crippen molar-refractivity contribution in [3.05, 3.63) is 65.9 Å². The molecule has 4 N–H and O–H groups in total. The van der Waals surface area contributed by atoms with Gasteiger partial charge in [-0.1, -0.05) is 30.3 Å². The van der Waals surface area contributed by atoms with Crippen molar-refractivity contribution in [3.8, 4) is 5.75 Å². The van der Waals surface area contributed by atoms with Crippen LogP contribution in [0.2, 0.25) is 0 Å². The monoisotopic (exact) mass is 338 g/mol. The number of phenolic OH excluding ortho intramolecular Hbond substituents is 1. The topological polar surface area (TPSA) is 70.8 Å². The van der Waals surface area contributed by atoms with Crippen LogP contribution in [-0.2, 0) is 6.42 Å². The van der Waals surface area contributed by atoms with Crippen molar-refractivity contribution in [1.82, 2.24) is 9.88 Å². The fraction of sp³-hybridized carbons (Fsp3) is 0.333. The number of nitrogens with one attached hydrogen (secondary N) is 1. The van der Waals surface area contributed by atoms with Crippen LogP contribution in [0, 0.1) is 0 Å². The summed E-state index contributed by atoms with van der Waals surface area (Å²) in [5.74, 6) is 0.914. The van der Waals surface area contributed by atoms with Crippen LogP contribution in [0.25, 0.3) is 10.9 Å². The number of hydrogen-bond donors (Lipinski definition) is 2. The van der Waals surface area contributed by atoms with E-state index in [0.29, 0.717) is 11.7 Å². The van der Waals surface area contributed by atoms with E-state index in [4.69, 9.17) is 0 Å². The molecule has 3 aromatic rings. The van der Waals surface area contributed by atoms with Crippen LogP contribution in [0.1, 0.15) is 29.9 Å². The lowest BCUT2D eigenvalue weighted by Crippen LogP contribution is -2.35. The second-order valence-corrected chi connectivity index (χ2v) is 6.84. The first kappa shape index (κ1) is 17.5. The molecule has 1 atom stereocenters. The van der Waals surface area contributed by atoms with Crippen molar-refractivity contribution in [2.24, 2.45) is 0 Å². The van der Waals surface area contributed by atoms with E-state index < -0.39 is 0 Å². The van der Waals surface area contributed by atoms with E-state index in [1.165, 1.54) is 41.4 Å². The lowest BCUT2D eigenvalue weighted by molar-refractivity contribution is 0.210. The molecule has 132 valence electrons. The number of aromatic amines is 1. The first-order valence-electron chi connectivity index (χ1n) is 8.86. The fourth-order valence-electron chi connectivity index (χ4n) is 3.93. The number of phenols is 1. The Labute approximate surface area is 148 Å². The Morgan fingerprint density at radius 2 is 2.00 bits per heavy atom. The number of benzene rings is 2. The van der Waals surface area contributed by atoms with E-state index in [1.54, 1.807) is 6.07 Å². The fourth-order valence-corrected chi connectivity index (χ4v) is 3.93. The van der Waals surface area contributed by atoms with Gasteiger partial charge in [0.15, 0.2) is 0 Å². The highest BCUT2D eigenvalue weighted by molar-refractivity contribution is 5.83. The van der Waals surface area contributed by atoms with Gasteiger partial charge >= 0.3 is 0 Å². The number of rotatable bonds is 4. The van der Waals surface area contributed by atoms with Gasteiger partial charge in [0.2, 0.25) is 0 Å². The van der Waals surface area contributed by atoms with Crippen molar-refractivity contribution in [2.45, 2.75) is 25.2 Å². The third-order valence-corrected chi connectivity index (χ3v) is 5.22. The summed E-state index contributed by atoms with van der Waals surface area (Å²) in [6.07, 6.45) is 5.68. The van der Waals surface area contributed by atoms with Gasteiger partial charge in [-0.15, -0.1) is 0 Å². The normalized spacial score (nSPS) is 18.2. The Hall–Kier alpha value is -2.30. The van der Waals surface area contributed by atoms with Crippen LogP contribution in [-0.4, -0.2) is 40.1 Å². The molecule has 2 aromatic carbocycles. The van der Waals surface area contributed by atoms with Crippen LogP contribution in [0.15, 0.2) is 54.7 Å². The van der Waals surface area contributed by atoms with Gasteiger partial charge in [-0.05, 0) is 61.1 Å². The van der Waals surface area contributed by atoms with Gasteiger partial charge in [-0.25, -0.2) is 0 Å².